The first-order valence-electron chi connectivity index (χ1n) is 8.84. The number of carbonyl (C=O) groups is 1. The molecule has 0 unspecified atom stereocenters. The van der Waals surface area contributed by atoms with E-state index in [0.29, 0.717) is 26.1 Å². The van der Waals surface area contributed by atoms with Crippen LogP contribution in [0.3, 0.4) is 0 Å². The van der Waals surface area contributed by atoms with Gasteiger partial charge in [0.25, 0.3) is 0 Å². The van der Waals surface area contributed by atoms with Gasteiger partial charge in [0.05, 0.1) is 13.1 Å². The highest BCUT2D eigenvalue weighted by molar-refractivity contribution is 7.09. The van der Waals surface area contributed by atoms with Gasteiger partial charge in [0.2, 0.25) is 5.91 Å². The van der Waals surface area contributed by atoms with Gasteiger partial charge in [-0.05, 0) is 48.6 Å². The molecule has 6 nitrogen and oxygen atoms in total. The van der Waals surface area contributed by atoms with Crippen LogP contribution in [0.15, 0.2) is 40.7 Å². The van der Waals surface area contributed by atoms with E-state index in [4.69, 9.17) is 4.74 Å². The standard InChI is InChI=1S/C19H24N4O2S/c1-2-20-19(22-13-16-4-3-11-26-16)21-9-10-25-15-6-7-17-14(12-15)5-8-18(24)23-17/h3-4,6-7,11-12H,2,5,8-10,13H2,1H3,(H,23,24)(H2,20,21,22). The van der Waals surface area contributed by atoms with Gasteiger partial charge in [0.1, 0.15) is 12.4 Å². The zero-order valence-corrected chi connectivity index (χ0v) is 15.7. The molecule has 0 radical (unpaired) electrons. The number of amides is 1. The number of rotatable bonds is 7. The summed E-state index contributed by atoms with van der Waals surface area (Å²) in [7, 11) is 0. The second-order valence-corrected chi connectivity index (χ2v) is 6.95. The third kappa shape index (κ3) is 5.23. The van der Waals surface area contributed by atoms with Crippen LogP contribution in [0.4, 0.5) is 5.69 Å². The molecule has 1 amide bonds. The summed E-state index contributed by atoms with van der Waals surface area (Å²) >= 11 is 1.71. The van der Waals surface area contributed by atoms with Crippen molar-refractivity contribution < 1.29 is 9.53 Å². The average Bonchev–Trinajstić information content (AvgIpc) is 3.16. The van der Waals surface area contributed by atoms with E-state index in [-0.39, 0.29) is 5.91 Å². The van der Waals surface area contributed by atoms with Crippen molar-refractivity contribution >= 4 is 28.9 Å². The largest absolute Gasteiger partial charge is 0.492 e. The number of ether oxygens (including phenoxy) is 1. The summed E-state index contributed by atoms with van der Waals surface area (Å²) in [6.07, 6.45) is 1.29. The first kappa shape index (κ1) is 18.3. The number of hydrogen-bond donors (Lipinski definition) is 3. The quantitative estimate of drug-likeness (QED) is 0.397. The minimum atomic E-state index is 0.0770. The summed E-state index contributed by atoms with van der Waals surface area (Å²) < 4.78 is 5.82. The SMILES string of the molecule is CCNC(=NCc1cccs1)NCCOc1ccc2c(c1)CCC(=O)N2. The number of thiophene rings is 1. The Hall–Kier alpha value is -2.54. The minimum absolute atomic E-state index is 0.0770. The highest BCUT2D eigenvalue weighted by atomic mass is 32.1. The van der Waals surface area contributed by atoms with Gasteiger partial charge in [-0.15, -0.1) is 11.3 Å². The Morgan fingerprint density at radius 2 is 2.23 bits per heavy atom. The molecule has 1 aliphatic heterocycles. The Morgan fingerprint density at radius 3 is 3.04 bits per heavy atom. The third-order valence-electron chi connectivity index (χ3n) is 3.95. The van der Waals surface area contributed by atoms with Crippen LogP contribution < -0.4 is 20.7 Å². The van der Waals surface area contributed by atoms with Crippen LogP contribution in [0.25, 0.3) is 0 Å². The van der Waals surface area contributed by atoms with Crippen LogP contribution in [0.2, 0.25) is 0 Å². The lowest BCUT2D eigenvalue weighted by Crippen LogP contribution is -2.39. The van der Waals surface area contributed by atoms with E-state index < -0.39 is 0 Å². The van der Waals surface area contributed by atoms with Crippen LogP contribution in [0.5, 0.6) is 5.75 Å². The molecule has 2 heterocycles. The van der Waals surface area contributed by atoms with E-state index in [1.54, 1.807) is 11.3 Å². The van der Waals surface area contributed by atoms with Crippen molar-refractivity contribution in [1.82, 2.24) is 10.6 Å². The maximum absolute atomic E-state index is 11.4. The van der Waals surface area contributed by atoms with Crippen molar-refractivity contribution in [3.63, 3.8) is 0 Å². The van der Waals surface area contributed by atoms with Crippen molar-refractivity contribution in [2.24, 2.45) is 4.99 Å². The fourth-order valence-electron chi connectivity index (χ4n) is 2.69. The number of guanidine groups is 1. The number of aryl methyl sites for hydroxylation is 1. The molecule has 2 aromatic rings. The van der Waals surface area contributed by atoms with Crippen LogP contribution in [-0.4, -0.2) is 31.6 Å². The third-order valence-corrected chi connectivity index (χ3v) is 4.81. The van der Waals surface area contributed by atoms with Crippen molar-refractivity contribution in [2.45, 2.75) is 26.3 Å². The summed E-state index contributed by atoms with van der Waals surface area (Å²) in [5, 5.41) is 11.5. The molecule has 0 saturated heterocycles. The zero-order valence-electron chi connectivity index (χ0n) is 14.9. The molecule has 0 atom stereocenters. The molecular formula is C19H24N4O2S. The Labute approximate surface area is 157 Å². The topological polar surface area (TPSA) is 74.8 Å². The van der Waals surface area contributed by atoms with Gasteiger partial charge < -0.3 is 20.7 Å². The molecule has 7 heteroatoms. The minimum Gasteiger partial charge on any atom is -0.492 e. The van der Waals surface area contributed by atoms with Gasteiger partial charge in [0, 0.05) is 23.5 Å². The van der Waals surface area contributed by atoms with Crippen LogP contribution >= 0.6 is 11.3 Å². The van der Waals surface area contributed by atoms with E-state index >= 15 is 0 Å². The van der Waals surface area contributed by atoms with E-state index in [9.17, 15) is 4.79 Å². The summed E-state index contributed by atoms with van der Waals surface area (Å²) in [5.41, 5.74) is 2.02. The number of anilines is 1. The molecule has 26 heavy (non-hydrogen) atoms. The van der Waals surface area contributed by atoms with Crippen LogP contribution in [-0.2, 0) is 17.8 Å². The maximum atomic E-state index is 11.4. The second kappa shape index (κ2) is 9.24. The van der Waals surface area contributed by atoms with E-state index in [2.05, 4.69) is 32.4 Å². The number of carbonyl (C=O) groups excluding carboxylic acids is 1. The predicted octanol–water partition coefficient (Wildman–Crippen LogP) is 2.77. The van der Waals surface area contributed by atoms with Crippen molar-refractivity contribution in [2.75, 3.05) is 25.0 Å². The van der Waals surface area contributed by atoms with Gasteiger partial charge in [0.15, 0.2) is 5.96 Å². The summed E-state index contributed by atoms with van der Waals surface area (Å²) in [4.78, 5) is 17.2. The molecule has 3 rings (SSSR count). The van der Waals surface area contributed by atoms with Crippen molar-refractivity contribution in [1.29, 1.82) is 0 Å². The molecule has 0 spiro atoms. The Balaban J connectivity index is 1.46. The normalized spacial score (nSPS) is 13.7. The lowest BCUT2D eigenvalue weighted by molar-refractivity contribution is -0.116. The second-order valence-electron chi connectivity index (χ2n) is 5.92. The summed E-state index contributed by atoms with van der Waals surface area (Å²) in [6, 6.07) is 9.92. The van der Waals surface area contributed by atoms with Gasteiger partial charge in [-0.2, -0.15) is 0 Å². The number of fused-ring (bicyclic) bond motifs is 1. The fraction of sp³-hybridized carbons (Fsp3) is 0.368. The molecule has 3 N–H and O–H groups in total. The first-order chi connectivity index (χ1) is 12.7. The van der Waals surface area contributed by atoms with Crippen LogP contribution in [0.1, 0.15) is 23.8 Å². The Bertz CT molecular complexity index is 759. The molecule has 0 saturated carbocycles. The lowest BCUT2D eigenvalue weighted by Gasteiger charge is -2.18. The van der Waals surface area contributed by atoms with Gasteiger partial charge in [-0.1, -0.05) is 6.07 Å². The number of nitrogens with zero attached hydrogens (tertiary/aromatic N) is 1. The van der Waals surface area contributed by atoms with E-state index in [0.717, 1.165) is 35.9 Å². The van der Waals surface area contributed by atoms with Crippen molar-refractivity contribution in [3.8, 4) is 5.75 Å². The Kier molecular flexibility index (Phi) is 6.49. The van der Waals surface area contributed by atoms with Gasteiger partial charge in [-0.25, -0.2) is 4.99 Å². The number of aliphatic imine (C=N–C) groups is 1. The molecule has 1 aromatic heterocycles. The smallest absolute Gasteiger partial charge is 0.224 e. The van der Waals surface area contributed by atoms with E-state index in [1.807, 2.05) is 31.2 Å². The Morgan fingerprint density at radius 1 is 1.31 bits per heavy atom. The van der Waals surface area contributed by atoms with Crippen LogP contribution in [0, 0.1) is 0 Å². The van der Waals surface area contributed by atoms with E-state index in [1.165, 1.54) is 4.88 Å². The van der Waals surface area contributed by atoms with Gasteiger partial charge >= 0.3 is 0 Å². The van der Waals surface area contributed by atoms with Gasteiger partial charge in [-0.3, -0.25) is 4.79 Å². The maximum Gasteiger partial charge on any atom is 0.224 e. The summed E-state index contributed by atoms with van der Waals surface area (Å²) in [6.45, 7) is 4.72. The molecule has 0 bridgehead atoms. The molecule has 1 aliphatic rings. The monoisotopic (exact) mass is 372 g/mol. The molecular weight excluding hydrogens is 348 g/mol. The lowest BCUT2D eigenvalue weighted by atomic mass is 10.0. The van der Waals surface area contributed by atoms with Crippen molar-refractivity contribution in [3.05, 3.63) is 46.2 Å². The molecule has 0 aliphatic carbocycles. The molecule has 1 aromatic carbocycles. The number of benzene rings is 1. The number of nitrogens with one attached hydrogen (secondary N) is 3. The molecule has 0 fully saturated rings. The first-order valence-corrected chi connectivity index (χ1v) is 9.72. The highest BCUT2D eigenvalue weighted by Crippen LogP contribution is 2.26. The predicted molar refractivity (Wildman–Crippen MR) is 106 cm³/mol. The fourth-order valence-corrected chi connectivity index (χ4v) is 3.32. The summed E-state index contributed by atoms with van der Waals surface area (Å²) in [5.74, 6) is 1.69. The zero-order chi connectivity index (χ0) is 18.2. The average molecular weight is 372 g/mol. The number of hydrogen-bond acceptors (Lipinski definition) is 4. The highest BCUT2D eigenvalue weighted by Gasteiger charge is 2.14. The molecule has 138 valence electrons.